The molecule has 9 heteroatoms. The number of aromatic nitrogens is 1. The van der Waals surface area contributed by atoms with E-state index in [1.165, 1.54) is 0 Å². The third-order valence-electron chi connectivity index (χ3n) is 2.09. The number of halogens is 2. The Balaban J connectivity index is 2.42. The Bertz CT molecular complexity index is 563. The van der Waals surface area contributed by atoms with Gasteiger partial charge in [0.1, 0.15) is 0 Å². The zero-order valence-corrected chi connectivity index (χ0v) is 10.9. The highest BCUT2D eigenvalue weighted by molar-refractivity contribution is 7.88. The molecule has 0 unspecified atom stereocenters. The van der Waals surface area contributed by atoms with E-state index in [9.17, 15) is 22.0 Å². The van der Waals surface area contributed by atoms with Crippen molar-refractivity contribution >= 4 is 15.9 Å². The molecule has 0 bridgehead atoms. The first-order valence-corrected chi connectivity index (χ1v) is 7.23. The van der Waals surface area contributed by atoms with Crippen LogP contribution in [0, 0.1) is 11.8 Å². The van der Waals surface area contributed by atoms with E-state index in [1.54, 1.807) is 0 Å². The molecule has 1 aromatic rings. The third kappa shape index (κ3) is 5.26. The number of nitrogens with one attached hydrogen (secondary N) is 2. The zero-order chi connectivity index (χ0) is 14.5. The van der Waals surface area contributed by atoms with Crippen molar-refractivity contribution < 1.29 is 22.0 Å². The Hall–Kier alpha value is -1.61. The van der Waals surface area contributed by atoms with Crippen molar-refractivity contribution in [2.75, 3.05) is 19.3 Å². The Morgan fingerprint density at radius 2 is 2.05 bits per heavy atom. The van der Waals surface area contributed by atoms with E-state index < -0.39 is 33.3 Å². The van der Waals surface area contributed by atoms with Crippen molar-refractivity contribution in [3.63, 3.8) is 0 Å². The Labute approximate surface area is 109 Å². The van der Waals surface area contributed by atoms with Gasteiger partial charge in [0.25, 0.3) is 5.91 Å². The van der Waals surface area contributed by atoms with Crippen molar-refractivity contribution in [3.05, 3.63) is 29.6 Å². The van der Waals surface area contributed by atoms with Gasteiger partial charge < -0.3 is 5.32 Å². The lowest BCUT2D eigenvalue weighted by Gasteiger charge is -2.06. The average molecular weight is 293 g/mol. The van der Waals surface area contributed by atoms with Gasteiger partial charge in [-0.25, -0.2) is 22.5 Å². The molecule has 0 aliphatic carbocycles. The van der Waals surface area contributed by atoms with E-state index in [2.05, 4.69) is 15.0 Å². The average Bonchev–Trinajstić information content (AvgIpc) is 2.30. The number of nitrogens with zero attached hydrogens (tertiary/aromatic N) is 1. The minimum absolute atomic E-state index is 0.130. The summed E-state index contributed by atoms with van der Waals surface area (Å²) in [4.78, 5) is 14.6. The minimum Gasteiger partial charge on any atom is -0.352 e. The van der Waals surface area contributed by atoms with Crippen molar-refractivity contribution in [2.24, 2.45) is 0 Å². The standard InChI is InChI=1S/C10H13F2N3O3S/c1-19(17,18)15-5-2-4-14-10(16)7-3-6-13-9(12)8(7)11/h3,6,15H,2,4-5H2,1H3,(H,14,16). The summed E-state index contributed by atoms with van der Waals surface area (Å²) in [6.07, 6.45) is 2.33. The molecule has 19 heavy (non-hydrogen) atoms. The predicted octanol–water partition coefficient (Wildman–Crippen LogP) is 0.0289. The van der Waals surface area contributed by atoms with Crippen LogP contribution in [0.1, 0.15) is 16.8 Å². The highest BCUT2D eigenvalue weighted by atomic mass is 32.2. The summed E-state index contributed by atoms with van der Waals surface area (Å²) >= 11 is 0. The lowest BCUT2D eigenvalue weighted by Crippen LogP contribution is -2.30. The Morgan fingerprint density at radius 3 is 2.68 bits per heavy atom. The number of pyridine rings is 1. The fraction of sp³-hybridized carbons (Fsp3) is 0.400. The van der Waals surface area contributed by atoms with Crippen molar-refractivity contribution in [1.29, 1.82) is 0 Å². The van der Waals surface area contributed by atoms with Crippen LogP contribution in [0.5, 0.6) is 0 Å². The van der Waals surface area contributed by atoms with E-state index in [0.717, 1.165) is 18.5 Å². The van der Waals surface area contributed by atoms with Crippen LogP contribution in [-0.2, 0) is 10.0 Å². The molecule has 0 atom stereocenters. The molecule has 0 aliphatic heterocycles. The second-order valence-corrected chi connectivity index (χ2v) is 5.57. The summed E-state index contributed by atoms with van der Waals surface area (Å²) in [5.41, 5.74) is -0.441. The summed E-state index contributed by atoms with van der Waals surface area (Å²) < 4.78 is 49.7. The normalized spacial score (nSPS) is 11.3. The fourth-order valence-electron chi connectivity index (χ4n) is 1.24. The van der Waals surface area contributed by atoms with E-state index in [1.807, 2.05) is 0 Å². The summed E-state index contributed by atoms with van der Waals surface area (Å²) in [6.45, 7) is 0.275. The summed E-state index contributed by atoms with van der Waals surface area (Å²) in [6, 6.07) is 1.06. The van der Waals surface area contributed by atoms with Crippen LogP contribution in [0.25, 0.3) is 0 Å². The number of sulfonamides is 1. The molecule has 0 fully saturated rings. The molecule has 0 spiro atoms. The van der Waals surface area contributed by atoms with Gasteiger partial charge in [0.15, 0.2) is 5.82 Å². The molecule has 0 saturated heterocycles. The molecule has 6 nitrogen and oxygen atoms in total. The number of amides is 1. The van der Waals surface area contributed by atoms with Crippen LogP contribution in [0.15, 0.2) is 12.3 Å². The molecule has 2 N–H and O–H groups in total. The molecule has 1 amide bonds. The SMILES string of the molecule is CS(=O)(=O)NCCCNC(=O)c1ccnc(F)c1F. The number of carbonyl (C=O) groups excluding carboxylic acids is 1. The van der Waals surface area contributed by atoms with E-state index in [4.69, 9.17) is 0 Å². The van der Waals surface area contributed by atoms with Gasteiger partial charge >= 0.3 is 0 Å². The van der Waals surface area contributed by atoms with Gasteiger partial charge in [-0.3, -0.25) is 4.79 Å². The molecule has 0 aromatic carbocycles. The van der Waals surface area contributed by atoms with Crippen LogP contribution >= 0.6 is 0 Å². The van der Waals surface area contributed by atoms with Crippen LogP contribution in [0.3, 0.4) is 0 Å². The van der Waals surface area contributed by atoms with Crippen molar-refractivity contribution in [2.45, 2.75) is 6.42 Å². The van der Waals surface area contributed by atoms with E-state index in [0.29, 0.717) is 6.42 Å². The number of hydrogen-bond acceptors (Lipinski definition) is 4. The molecule has 1 heterocycles. The maximum Gasteiger partial charge on any atom is 0.254 e. The smallest absolute Gasteiger partial charge is 0.254 e. The lowest BCUT2D eigenvalue weighted by molar-refractivity contribution is 0.0948. The first kappa shape index (κ1) is 15.4. The van der Waals surface area contributed by atoms with E-state index >= 15 is 0 Å². The molecule has 1 rings (SSSR count). The van der Waals surface area contributed by atoms with Crippen molar-refractivity contribution in [3.8, 4) is 0 Å². The molecular formula is C10H13F2N3O3S. The Morgan fingerprint density at radius 1 is 1.37 bits per heavy atom. The number of rotatable bonds is 6. The monoisotopic (exact) mass is 293 g/mol. The lowest BCUT2D eigenvalue weighted by atomic mass is 10.2. The maximum absolute atomic E-state index is 13.2. The topological polar surface area (TPSA) is 88.2 Å². The van der Waals surface area contributed by atoms with Gasteiger partial charge in [-0.2, -0.15) is 4.39 Å². The van der Waals surface area contributed by atoms with Crippen LogP contribution < -0.4 is 10.0 Å². The van der Waals surface area contributed by atoms with Crippen LogP contribution in [0.4, 0.5) is 8.78 Å². The van der Waals surface area contributed by atoms with Gasteiger partial charge in [0, 0.05) is 19.3 Å². The predicted molar refractivity (Wildman–Crippen MR) is 63.9 cm³/mol. The van der Waals surface area contributed by atoms with Crippen LogP contribution in [-0.4, -0.2) is 38.7 Å². The summed E-state index contributed by atoms with van der Waals surface area (Å²) in [5, 5.41) is 2.35. The van der Waals surface area contributed by atoms with Crippen molar-refractivity contribution in [1.82, 2.24) is 15.0 Å². The number of carbonyl (C=O) groups is 1. The quantitative estimate of drug-likeness (QED) is 0.572. The van der Waals surface area contributed by atoms with Gasteiger partial charge in [0.2, 0.25) is 16.0 Å². The molecular weight excluding hydrogens is 280 g/mol. The molecule has 0 aliphatic rings. The molecule has 106 valence electrons. The second kappa shape index (κ2) is 6.53. The maximum atomic E-state index is 13.2. The second-order valence-electron chi connectivity index (χ2n) is 3.74. The minimum atomic E-state index is -3.27. The molecule has 0 radical (unpaired) electrons. The highest BCUT2D eigenvalue weighted by Crippen LogP contribution is 2.08. The first-order valence-electron chi connectivity index (χ1n) is 5.34. The third-order valence-corrected chi connectivity index (χ3v) is 2.82. The largest absolute Gasteiger partial charge is 0.352 e. The number of hydrogen-bond donors (Lipinski definition) is 2. The van der Waals surface area contributed by atoms with Gasteiger partial charge in [-0.05, 0) is 12.5 Å². The zero-order valence-electron chi connectivity index (χ0n) is 10.1. The van der Waals surface area contributed by atoms with Crippen LogP contribution in [0.2, 0.25) is 0 Å². The van der Waals surface area contributed by atoms with E-state index in [-0.39, 0.29) is 13.1 Å². The van der Waals surface area contributed by atoms with Gasteiger partial charge in [-0.15, -0.1) is 0 Å². The summed E-state index contributed by atoms with van der Waals surface area (Å²) in [5.74, 6) is -3.43. The van der Waals surface area contributed by atoms with Gasteiger partial charge in [0.05, 0.1) is 11.8 Å². The molecule has 1 aromatic heterocycles. The van der Waals surface area contributed by atoms with Gasteiger partial charge in [-0.1, -0.05) is 0 Å². The highest BCUT2D eigenvalue weighted by Gasteiger charge is 2.15. The Kier molecular flexibility index (Phi) is 5.31. The molecule has 0 saturated carbocycles. The first-order chi connectivity index (χ1) is 8.81. The summed E-state index contributed by atoms with van der Waals surface area (Å²) in [7, 11) is -3.27. The fourth-order valence-corrected chi connectivity index (χ4v) is 1.75.